The number of rotatable bonds is 4. The van der Waals surface area contributed by atoms with Crippen LogP contribution in [0, 0.1) is 11.6 Å². The summed E-state index contributed by atoms with van der Waals surface area (Å²) in [5.74, 6) is -0.387. The molecule has 2 aromatic carbocycles. The smallest absolute Gasteiger partial charge is 0.166 e. The molecule has 0 bridgehead atoms. The van der Waals surface area contributed by atoms with Gasteiger partial charge in [0.05, 0.1) is 4.47 Å². The van der Waals surface area contributed by atoms with Crippen molar-refractivity contribution in [3.05, 3.63) is 58.1 Å². The van der Waals surface area contributed by atoms with Gasteiger partial charge in [-0.2, -0.15) is 0 Å². The van der Waals surface area contributed by atoms with Gasteiger partial charge in [0.25, 0.3) is 0 Å². The van der Waals surface area contributed by atoms with E-state index in [-0.39, 0.29) is 5.75 Å². The molecule has 0 aliphatic rings. The summed E-state index contributed by atoms with van der Waals surface area (Å²) in [6.45, 7) is 0.393. The number of hydrogen-bond donors (Lipinski definition) is 1. The highest BCUT2D eigenvalue weighted by atomic mass is 79.9. The van der Waals surface area contributed by atoms with Gasteiger partial charge in [-0.05, 0) is 58.7 Å². The normalized spacial score (nSPS) is 10.5. The van der Waals surface area contributed by atoms with Gasteiger partial charge in [0, 0.05) is 0 Å². The lowest BCUT2D eigenvalue weighted by Gasteiger charge is -2.12. The van der Waals surface area contributed by atoms with Crippen LogP contribution in [0.15, 0.2) is 40.9 Å². The van der Waals surface area contributed by atoms with Crippen LogP contribution >= 0.6 is 15.9 Å². The minimum Gasteiger partial charge on any atom is -0.453 e. The molecule has 2 aromatic rings. The van der Waals surface area contributed by atoms with E-state index in [1.54, 1.807) is 12.1 Å². The highest BCUT2D eigenvalue weighted by molar-refractivity contribution is 9.10. The van der Waals surface area contributed by atoms with Crippen LogP contribution in [0.5, 0.6) is 11.5 Å². The standard InChI is InChI=1S/C14H12BrF2NO/c15-11-8-10(16)4-5-13(11)19-14-9(6-7-18)2-1-3-12(14)17/h1-5,8H,6-7,18H2. The van der Waals surface area contributed by atoms with Crippen LogP contribution in [0.4, 0.5) is 8.78 Å². The molecule has 0 spiro atoms. The zero-order chi connectivity index (χ0) is 13.8. The molecule has 0 radical (unpaired) electrons. The quantitative estimate of drug-likeness (QED) is 0.920. The molecule has 5 heteroatoms. The van der Waals surface area contributed by atoms with Crippen molar-refractivity contribution >= 4 is 15.9 Å². The highest BCUT2D eigenvalue weighted by Gasteiger charge is 2.12. The molecule has 0 amide bonds. The summed E-state index contributed by atoms with van der Waals surface area (Å²) in [6, 6.07) is 8.63. The summed E-state index contributed by atoms with van der Waals surface area (Å²) in [5, 5.41) is 0. The van der Waals surface area contributed by atoms with E-state index in [0.717, 1.165) is 0 Å². The second kappa shape index (κ2) is 6.12. The van der Waals surface area contributed by atoms with Crippen molar-refractivity contribution in [1.82, 2.24) is 0 Å². The molecule has 0 aliphatic carbocycles. The van der Waals surface area contributed by atoms with E-state index in [2.05, 4.69) is 15.9 Å². The van der Waals surface area contributed by atoms with E-state index >= 15 is 0 Å². The van der Waals surface area contributed by atoms with Crippen molar-refractivity contribution in [2.75, 3.05) is 6.54 Å². The van der Waals surface area contributed by atoms with Crippen LogP contribution in [0.2, 0.25) is 0 Å². The maximum absolute atomic E-state index is 13.8. The van der Waals surface area contributed by atoms with Gasteiger partial charge in [-0.15, -0.1) is 0 Å². The zero-order valence-corrected chi connectivity index (χ0v) is 11.6. The molecule has 0 heterocycles. The molecule has 0 unspecified atom stereocenters. The lowest BCUT2D eigenvalue weighted by atomic mass is 10.1. The Kier molecular flexibility index (Phi) is 4.50. The summed E-state index contributed by atoms with van der Waals surface area (Å²) in [7, 11) is 0. The molecule has 0 aromatic heterocycles. The maximum atomic E-state index is 13.8. The van der Waals surface area contributed by atoms with E-state index in [1.807, 2.05) is 0 Å². The first-order valence-electron chi connectivity index (χ1n) is 5.72. The molecule has 2 N–H and O–H groups in total. The van der Waals surface area contributed by atoms with Crippen LogP contribution in [0.25, 0.3) is 0 Å². The number of para-hydroxylation sites is 1. The average molecular weight is 328 g/mol. The fourth-order valence-corrected chi connectivity index (χ4v) is 2.12. The van der Waals surface area contributed by atoms with Gasteiger partial charge in [-0.25, -0.2) is 8.78 Å². The second-order valence-electron chi connectivity index (χ2n) is 3.94. The SMILES string of the molecule is NCCc1cccc(F)c1Oc1ccc(F)cc1Br. The predicted molar refractivity (Wildman–Crippen MR) is 73.3 cm³/mol. The number of hydrogen-bond acceptors (Lipinski definition) is 2. The monoisotopic (exact) mass is 327 g/mol. The van der Waals surface area contributed by atoms with Crippen molar-refractivity contribution in [3.63, 3.8) is 0 Å². The molecule has 19 heavy (non-hydrogen) atoms. The van der Waals surface area contributed by atoms with E-state index < -0.39 is 11.6 Å². The third-order valence-electron chi connectivity index (χ3n) is 2.57. The largest absolute Gasteiger partial charge is 0.453 e. The summed E-state index contributed by atoms with van der Waals surface area (Å²) in [4.78, 5) is 0. The molecule has 0 atom stereocenters. The second-order valence-corrected chi connectivity index (χ2v) is 4.80. The fraction of sp³-hybridized carbons (Fsp3) is 0.143. The number of ether oxygens (including phenoxy) is 1. The van der Waals surface area contributed by atoms with Gasteiger partial charge in [0.1, 0.15) is 11.6 Å². The lowest BCUT2D eigenvalue weighted by Crippen LogP contribution is -2.05. The van der Waals surface area contributed by atoms with Crippen molar-refractivity contribution in [3.8, 4) is 11.5 Å². The van der Waals surface area contributed by atoms with Crippen molar-refractivity contribution < 1.29 is 13.5 Å². The first-order chi connectivity index (χ1) is 9.11. The maximum Gasteiger partial charge on any atom is 0.166 e. The van der Waals surface area contributed by atoms with E-state index in [9.17, 15) is 8.78 Å². The third kappa shape index (κ3) is 3.30. The van der Waals surface area contributed by atoms with Gasteiger partial charge >= 0.3 is 0 Å². The summed E-state index contributed by atoms with van der Waals surface area (Å²) >= 11 is 3.18. The van der Waals surface area contributed by atoms with Gasteiger partial charge in [0.2, 0.25) is 0 Å². The number of benzene rings is 2. The first kappa shape index (κ1) is 14.0. The Hall–Kier alpha value is -1.46. The van der Waals surface area contributed by atoms with Gasteiger partial charge in [-0.3, -0.25) is 0 Å². The van der Waals surface area contributed by atoms with Gasteiger partial charge in [-0.1, -0.05) is 12.1 Å². The lowest BCUT2D eigenvalue weighted by molar-refractivity contribution is 0.433. The molecular formula is C14H12BrF2NO. The van der Waals surface area contributed by atoms with Crippen LogP contribution in [-0.4, -0.2) is 6.54 Å². The molecule has 100 valence electrons. The summed E-state index contributed by atoms with van der Waals surface area (Å²) in [6.07, 6.45) is 0.506. The fourth-order valence-electron chi connectivity index (χ4n) is 1.69. The summed E-state index contributed by atoms with van der Waals surface area (Å²) in [5.41, 5.74) is 6.17. The minimum atomic E-state index is -0.470. The Balaban J connectivity index is 2.37. The Morgan fingerprint density at radius 3 is 2.63 bits per heavy atom. The van der Waals surface area contributed by atoms with Crippen molar-refractivity contribution in [2.45, 2.75) is 6.42 Å². The third-order valence-corrected chi connectivity index (χ3v) is 3.19. The Morgan fingerprint density at radius 2 is 1.95 bits per heavy atom. The molecular weight excluding hydrogens is 316 g/mol. The van der Waals surface area contributed by atoms with E-state index in [0.29, 0.717) is 28.8 Å². The first-order valence-corrected chi connectivity index (χ1v) is 6.51. The highest BCUT2D eigenvalue weighted by Crippen LogP contribution is 2.33. The van der Waals surface area contributed by atoms with E-state index in [1.165, 1.54) is 24.3 Å². The van der Waals surface area contributed by atoms with Crippen LogP contribution in [-0.2, 0) is 6.42 Å². The Labute approximate surface area is 118 Å². The molecule has 2 nitrogen and oxygen atoms in total. The molecule has 0 aliphatic heterocycles. The zero-order valence-electron chi connectivity index (χ0n) is 10.00. The van der Waals surface area contributed by atoms with Crippen molar-refractivity contribution in [1.29, 1.82) is 0 Å². The topological polar surface area (TPSA) is 35.2 Å². The van der Waals surface area contributed by atoms with Crippen LogP contribution in [0.1, 0.15) is 5.56 Å². The average Bonchev–Trinajstić information content (AvgIpc) is 2.36. The molecule has 0 saturated carbocycles. The van der Waals surface area contributed by atoms with Crippen LogP contribution in [0.3, 0.4) is 0 Å². The number of nitrogens with two attached hydrogens (primary N) is 1. The van der Waals surface area contributed by atoms with Gasteiger partial charge in [0.15, 0.2) is 11.6 Å². The molecule has 2 rings (SSSR count). The summed E-state index contributed by atoms with van der Waals surface area (Å²) < 4.78 is 32.8. The minimum absolute atomic E-state index is 0.125. The molecule has 0 saturated heterocycles. The van der Waals surface area contributed by atoms with Gasteiger partial charge < -0.3 is 10.5 Å². The predicted octanol–water partition coefficient (Wildman–Crippen LogP) is 4.02. The Bertz CT molecular complexity index is 590. The van der Waals surface area contributed by atoms with Crippen molar-refractivity contribution in [2.24, 2.45) is 5.73 Å². The van der Waals surface area contributed by atoms with E-state index in [4.69, 9.17) is 10.5 Å². The Morgan fingerprint density at radius 1 is 1.16 bits per heavy atom. The van der Waals surface area contributed by atoms with Crippen LogP contribution < -0.4 is 10.5 Å². The molecule has 0 fully saturated rings. The number of halogens is 3.